The fraction of sp³-hybridized carbons (Fsp3) is 0.812. The van der Waals surface area contributed by atoms with Crippen molar-refractivity contribution in [2.24, 2.45) is 5.92 Å². The van der Waals surface area contributed by atoms with E-state index in [2.05, 4.69) is 48.1 Å². The van der Waals surface area contributed by atoms with Gasteiger partial charge >= 0.3 is 0 Å². The van der Waals surface area contributed by atoms with E-state index in [0.29, 0.717) is 5.92 Å². The fourth-order valence-corrected chi connectivity index (χ4v) is 2.17. The molecular weight excluding hydrogens is 234 g/mol. The maximum absolute atomic E-state index is 4.60. The van der Waals surface area contributed by atoms with Crippen molar-refractivity contribution in [1.82, 2.24) is 15.1 Å². The summed E-state index contributed by atoms with van der Waals surface area (Å²) in [6.07, 6.45) is 10.2. The van der Waals surface area contributed by atoms with Crippen LogP contribution < -0.4 is 5.32 Å². The Morgan fingerprint density at radius 2 is 1.89 bits per heavy atom. The summed E-state index contributed by atoms with van der Waals surface area (Å²) in [6.45, 7) is 9.73. The molecule has 0 radical (unpaired) electrons. The number of nitrogens with one attached hydrogen (secondary N) is 1. The molecule has 0 saturated heterocycles. The zero-order chi connectivity index (χ0) is 13.9. The number of aryl methyl sites for hydroxylation is 1. The van der Waals surface area contributed by atoms with Gasteiger partial charge in [0.2, 0.25) is 0 Å². The first kappa shape index (κ1) is 16.2. The van der Waals surface area contributed by atoms with E-state index in [1.54, 1.807) is 0 Å². The average molecular weight is 265 g/mol. The minimum absolute atomic E-state index is 0.699. The molecule has 0 bridgehead atoms. The largest absolute Gasteiger partial charge is 0.311 e. The third kappa shape index (κ3) is 8.04. The topological polar surface area (TPSA) is 29.9 Å². The van der Waals surface area contributed by atoms with E-state index in [1.807, 2.05) is 0 Å². The summed E-state index contributed by atoms with van der Waals surface area (Å²) in [5.74, 6) is 0.699. The molecule has 1 N–H and O–H groups in total. The third-order valence-corrected chi connectivity index (χ3v) is 3.30. The lowest BCUT2D eigenvalue weighted by Crippen LogP contribution is -2.19. The molecule has 110 valence electrons. The predicted molar refractivity (Wildman–Crippen MR) is 82.1 cm³/mol. The summed E-state index contributed by atoms with van der Waals surface area (Å²) in [7, 11) is 0. The monoisotopic (exact) mass is 265 g/mol. The van der Waals surface area contributed by atoms with Crippen molar-refractivity contribution in [3.63, 3.8) is 0 Å². The van der Waals surface area contributed by atoms with E-state index in [1.165, 1.54) is 38.5 Å². The Balaban J connectivity index is 2.09. The van der Waals surface area contributed by atoms with Gasteiger partial charge in [0, 0.05) is 19.3 Å². The number of aromatic nitrogens is 2. The molecule has 0 atom stereocenters. The van der Waals surface area contributed by atoms with Crippen LogP contribution in [0, 0.1) is 5.92 Å². The molecule has 3 heteroatoms. The second kappa shape index (κ2) is 10.0. The Hall–Kier alpha value is -0.830. The molecule has 0 amide bonds. The van der Waals surface area contributed by atoms with Crippen LogP contribution in [0.25, 0.3) is 0 Å². The number of rotatable bonds is 11. The highest BCUT2D eigenvalue weighted by Crippen LogP contribution is 2.06. The third-order valence-electron chi connectivity index (χ3n) is 3.30. The fourth-order valence-electron chi connectivity index (χ4n) is 2.17. The highest BCUT2D eigenvalue weighted by atomic mass is 15.3. The zero-order valence-corrected chi connectivity index (χ0v) is 13.0. The van der Waals surface area contributed by atoms with Crippen LogP contribution in [-0.4, -0.2) is 16.3 Å². The lowest BCUT2D eigenvalue weighted by Gasteiger charge is -2.05. The van der Waals surface area contributed by atoms with Crippen LogP contribution in [0.5, 0.6) is 0 Å². The Morgan fingerprint density at radius 1 is 1.16 bits per heavy atom. The van der Waals surface area contributed by atoms with Crippen molar-refractivity contribution in [3.8, 4) is 0 Å². The summed E-state index contributed by atoms with van der Waals surface area (Å²) in [6, 6.07) is 2.13. The Kier molecular flexibility index (Phi) is 8.55. The van der Waals surface area contributed by atoms with E-state index < -0.39 is 0 Å². The molecule has 19 heavy (non-hydrogen) atoms. The molecule has 0 aromatic carbocycles. The maximum Gasteiger partial charge on any atom is 0.0762 e. The summed E-state index contributed by atoms with van der Waals surface area (Å²) in [5.41, 5.74) is 1.16. The van der Waals surface area contributed by atoms with Crippen LogP contribution >= 0.6 is 0 Å². The molecule has 1 heterocycles. The SMILES string of the molecule is CCCCCCCCn1ccc(CNCC(C)C)n1. The van der Waals surface area contributed by atoms with Gasteiger partial charge in [-0.1, -0.05) is 52.9 Å². The van der Waals surface area contributed by atoms with Gasteiger partial charge in [-0.3, -0.25) is 4.68 Å². The lowest BCUT2D eigenvalue weighted by atomic mass is 10.1. The molecule has 0 fully saturated rings. The van der Waals surface area contributed by atoms with Crippen molar-refractivity contribution in [2.75, 3.05) is 6.54 Å². The van der Waals surface area contributed by atoms with Crippen LogP contribution in [-0.2, 0) is 13.1 Å². The van der Waals surface area contributed by atoms with Gasteiger partial charge in [0.15, 0.2) is 0 Å². The van der Waals surface area contributed by atoms with Crippen LogP contribution in [0.3, 0.4) is 0 Å². The molecule has 1 rings (SSSR count). The van der Waals surface area contributed by atoms with Crippen molar-refractivity contribution in [3.05, 3.63) is 18.0 Å². The van der Waals surface area contributed by atoms with Gasteiger partial charge in [-0.2, -0.15) is 5.10 Å². The average Bonchev–Trinajstić information content (AvgIpc) is 2.81. The zero-order valence-electron chi connectivity index (χ0n) is 13.0. The summed E-state index contributed by atoms with van der Waals surface area (Å²) >= 11 is 0. The van der Waals surface area contributed by atoms with E-state index in [9.17, 15) is 0 Å². The molecule has 0 aliphatic carbocycles. The van der Waals surface area contributed by atoms with Gasteiger partial charge in [0.25, 0.3) is 0 Å². The standard InChI is InChI=1S/C16H31N3/c1-4-5-6-7-8-9-11-19-12-10-16(18-19)14-17-13-15(2)3/h10,12,15,17H,4-9,11,13-14H2,1-3H3. The molecule has 1 aromatic heterocycles. The van der Waals surface area contributed by atoms with Crippen LogP contribution in [0.1, 0.15) is 65.0 Å². The minimum Gasteiger partial charge on any atom is -0.311 e. The Bertz CT molecular complexity index is 318. The van der Waals surface area contributed by atoms with Crippen molar-refractivity contribution in [2.45, 2.75) is 72.4 Å². The van der Waals surface area contributed by atoms with E-state index in [-0.39, 0.29) is 0 Å². The Morgan fingerprint density at radius 3 is 2.63 bits per heavy atom. The molecule has 1 aromatic rings. The number of hydrogen-bond donors (Lipinski definition) is 1. The van der Waals surface area contributed by atoms with Gasteiger partial charge in [-0.05, 0) is 24.9 Å². The number of hydrogen-bond acceptors (Lipinski definition) is 2. The molecule has 0 aliphatic heterocycles. The number of nitrogens with zero attached hydrogens (tertiary/aromatic N) is 2. The van der Waals surface area contributed by atoms with Crippen LogP contribution in [0.15, 0.2) is 12.3 Å². The smallest absolute Gasteiger partial charge is 0.0762 e. The molecule has 3 nitrogen and oxygen atoms in total. The van der Waals surface area contributed by atoms with Crippen LogP contribution in [0.2, 0.25) is 0 Å². The molecule has 0 spiro atoms. The second-order valence-corrected chi connectivity index (χ2v) is 5.86. The predicted octanol–water partition coefficient (Wildman–Crippen LogP) is 3.99. The molecule has 0 aliphatic rings. The quantitative estimate of drug-likeness (QED) is 0.613. The maximum atomic E-state index is 4.60. The van der Waals surface area contributed by atoms with Gasteiger partial charge in [0.05, 0.1) is 5.69 Å². The van der Waals surface area contributed by atoms with Crippen molar-refractivity contribution >= 4 is 0 Å². The summed E-state index contributed by atoms with van der Waals surface area (Å²) in [4.78, 5) is 0. The van der Waals surface area contributed by atoms with Gasteiger partial charge in [-0.15, -0.1) is 0 Å². The first-order chi connectivity index (χ1) is 9.22. The minimum atomic E-state index is 0.699. The first-order valence-electron chi connectivity index (χ1n) is 7.95. The van der Waals surface area contributed by atoms with E-state index in [0.717, 1.165) is 25.3 Å². The van der Waals surface area contributed by atoms with Crippen molar-refractivity contribution in [1.29, 1.82) is 0 Å². The highest BCUT2D eigenvalue weighted by Gasteiger charge is 2.00. The van der Waals surface area contributed by atoms with Gasteiger partial charge in [0.1, 0.15) is 0 Å². The van der Waals surface area contributed by atoms with Crippen LogP contribution in [0.4, 0.5) is 0 Å². The molecule has 0 unspecified atom stereocenters. The molecular formula is C16H31N3. The Labute approximate surface area is 118 Å². The summed E-state index contributed by atoms with van der Waals surface area (Å²) < 4.78 is 2.09. The summed E-state index contributed by atoms with van der Waals surface area (Å²) in [5, 5.41) is 8.02. The first-order valence-corrected chi connectivity index (χ1v) is 7.95. The number of unbranched alkanes of at least 4 members (excludes halogenated alkanes) is 5. The molecule has 0 saturated carbocycles. The lowest BCUT2D eigenvalue weighted by molar-refractivity contribution is 0.514. The normalized spacial score (nSPS) is 11.4. The van der Waals surface area contributed by atoms with Gasteiger partial charge < -0.3 is 5.32 Å². The van der Waals surface area contributed by atoms with Gasteiger partial charge in [-0.25, -0.2) is 0 Å². The van der Waals surface area contributed by atoms with E-state index in [4.69, 9.17) is 0 Å². The van der Waals surface area contributed by atoms with Crippen molar-refractivity contribution < 1.29 is 0 Å². The van der Waals surface area contributed by atoms with E-state index >= 15 is 0 Å². The highest BCUT2D eigenvalue weighted by molar-refractivity contribution is 4.98. The second-order valence-electron chi connectivity index (χ2n) is 5.86.